The van der Waals surface area contributed by atoms with E-state index < -0.39 is 46.3 Å². The maximum absolute atomic E-state index is 11.6. The van der Waals surface area contributed by atoms with Crippen LogP contribution in [0.1, 0.15) is 52.9 Å². The molecule has 5 nitrogen and oxygen atoms in total. The van der Waals surface area contributed by atoms with Gasteiger partial charge >= 0.3 is 0 Å². The number of aliphatic hydroxyl groups excluding tert-OH is 3. The Bertz CT molecular complexity index is 613. The van der Waals surface area contributed by atoms with E-state index in [4.69, 9.17) is 0 Å². The van der Waals surface area contributed by atoms with Crippen molar-refractivity contribution in [1.29, 1.82) is 0 Å². The van der Waals surface area contributed by atoms with Gasteiger partial charge in [-0.15, -0.1) is 0 Å². The molecule has 0 radical (unpaired) electrons. The van der Waals surface area contributed by atoms with Gasteiger partial charge in [-0.25, -0.2) is 0 Å². The highest BCUT2D eigenvalue weighted by Gasteiger charge is 2.72. The summed E-state index contributed by atoms with van der Waals surface area (Å²) in [6, 6.07) is 0. The number of fused-ring (bicyclic) bond motifs is 2. The average molecular weight is 352 g/mol. The van der Waals surface area contributed by atoms with Crippen LogP contribution in [0.25, 0.3) is 0 Å². The zero-order valence-electron chi connectivity index (χ0n) is 15.4. The number of rotatable bonds is 0. The summed E-state index contributed by atoms with van der Waals surface area (Å²) in [5.41, 5.74) is -3.12. The molecule has 0 saturated heterocycles. The Labute approximate surface area is 149 Å². The Kier molecular flexibility index (Phi) is 3.49. The van der Waals surface area contributed by atoms with E-state index in [2.05, 4.69) is 6.58 Å². The van der Waals surface area contributed by atoms with Crippen LogP contribution < -0.4 is 0 Å². The summed E-state index contributed by atoms with van der Waals surface area (Å²) >= 11 is 0. The average Bonchev–Trinajstić information content (AvgIpc) is 2.71. The predicted octanol–water partition coefficient (Wildman–Crippen LogP) is 0.974. The summed E-state index contributed by atoms with van der Waals surface area (Å²) in [5, 5.41) is 55.2. The first kappa shape index (κ1) is 17.9. The molecular formula is C20H32O5. The molecule has 1 unspecified atom stereocenters. The van der Waals surface area contributed by atoms with Gasteiger partial charge in [-0.2, -0.15) is 0 Å². The van der Waals surface area contributed by atoms with E-state index in [1.165, 1.54) is 0 Å². The largest absolute Gasteiger partial charge is 0.392 e. The van der Waals surface area contributed by atoms with E-state index in [1.807, 2.05) is 0 Å². The van der Waals surface area contributed by atoms with E-state index in [9.17, 15) is 25.5 Å². The highest BCUT2D eigenvalue weighted by molar-refractivity contribution is 5.31. The van der Waals surface area contributed by atoms with E-state index in [1.54, 1.807) is 20.8 Å². The minimum absolute atomic E-state index is 0.0532. The monoisotopic (exact) mass is 352 g/mol. The summed E-state index contributed by atoms with van der Waals surface area (Å²) in [6.07, 6.45) is 0.0421. The Hall–Kier alpha value is -0.460. The molecule has 0 heterocycles. The number of hydrogen-bond acceptors (Lipinski definition) is 5. The standard InChI is InChI=1S/C20H32O5/c1-10-11-5-6-12-16(23)19(11,9-18(12,4)24)8-15(22)20(25)13(10)7-14(21)17(20,2)3/h11-16,21-25H,1,5-9H2,2-4H3/t11-,12-,13?,14+,15-,16+,18-,19+,20+/m1/s1. The molecule has 4 aliphatic rings. The SMILES string of the molecule is C=C1C2C[C@H](O)C(C)(C)[C@@]2(O)[C@H](O)C[C@]23C[C@@](C)(O)[C@H](CC[C@H]12)[C@@H]3O. The first-order chi connectivity index (χ1) is 11.4. The van der Waals surface area contributed by atoms with Crippen LogP contribution in [-0.2, 0) is 0 Å². The molecule has 2 bridgehead atoms. The number of hydrogen-bond donors (Lipinski definition) is 5. The second-order valence-corrected chi connectivity index (χ2v) is 10.1. The summed E-state index contributed by atoms with van der Waals surface area (Å²) in [7, 11) is 0. The normalized spacial score (nSPS) is 60.1. The van der Waals surface area contributed by atoms with Gasteiger partial charge in [0.05, 0.1) is 23.9 Å². The van der Waals surface area contributed by atoms with Crippen LogP contribution in [0, 0.1) is 28.6 Å². The fourth-order valence-corrected chi connectivity index (χ4v) is 7.23. The molecular weight excluding hydrogens is 320 g/mol. The van der Waals surface area contributed by atoms with E-state index >= 15 is 0 Å². The van der Waals surface area contributed by atoms with Crippen molar-refractivity contribution in [2.24, 2.45) is 28.6 Å². The van der Waals surface area contributed by atoms with Crippen LogP contribution in [0.4, 0.5) is 0 Å². The Balaban J connectivity index is 1.85. The van der Waals surface area contributed by atoms with Crippen molar-refractivity contribution < 1.29 is 25.5 Å². The fraction of sp³-hybridized carbons (Fsp3) is 0.900. The zero-order chi connectivity index (χ0) is 18.6. The van der Waals surface area contributed by atoms with Crippen LogP contribution in [-0.4, -0.2) is 55.0 Å². The third kappa shape index (κ3) is 1.86. The highest BCUT2D eigenvalue weighted by atomic mass is 16.4. The van der Waals surface area contributed by atoms with Gasteiger partial charge in [-0.1, -0.05) is 26.0 Å². The van der Waals surface area contributed by atoms with E-state index in [0.29, 0.717) is 19.3 Å². The van der Waals surface area contributed by atoms with Gasteiger partial charge in [-0.05, 0) is 44.9 Å². The van der Waals surface area contributed by atoms with E-state index in [0.717, 1.165) is 12.0 Å². The molecule has 25 heavy (non-hydrogen) atoms. The Morgan fingerprint density at radius 1 is 0.960 bits per heavy atom. The van der Waals surface area contributed by atoms with Crippen LogP contribution >= 0.6 is 0 Å². The van der Waals surface area contributed by atoms with Gasteiger partial charge in [0.1, 0.15) is 5.60 Å². The lowest BCUT2D eigenvalue weighted by atomic mass is 9.61. The summed E-state index contributed by atoms with van der Waals surface area (Å²) in [4.78, 5) is 0. The Morgan fingerprint density at radius 2 is 1.60 bits per heavy atom. The smallest absolute Gasteiger partial charge is 0.105 e. The van der Waals surface area contributed by atoms with Gasteiger partial charge in [-0.3, -0.25) is 0 Å². The van der Waals surface area contributed by atoms with Gasteiger partial charge < -0.3 is 25.5 Å². The van der Waals surface area contributed by atoms with E-state index in [-0.39, 0.29) is 18.3 Å². The highest BCUT2D eigenvalue weighted by Crippen LogP contribution is 2.68. The van der Waals surface area contributed by atoms with Crippen molar-refractivity contribution in [3.63, 3.8) is 0 Å². The molecule has 0 aliphatic heterocycles. The molecule has 0 aromatic rings. The molecule has 0 aromatic carbocycles. The third-order valence-electron chi connectivity index (χ3n) is 8.75. The van der Waals surface area contributed by atoms with Crippen LogP contribution in [0.3, 0.4) is 0 Å². The predicted molar refractivity (Wildman–Crippen MR) is 92.5 cm³/mol. The molecule has 4 aliphatic carbocycles. The maximum Gasteiger partial charge on any atom is 0.105 e. The maximum atomic E-state index is 11.6. The molecule has 142 valence electrons. The summed E-state index contributed by atoms with van der Waals surface area (Å²) in [5.74, 6) is -0.649. The van der Waals surface area contributed by atoms with Crippen molar-refractivity contribution in [2.75, 3.05) is 0 Å². The summed E-state index contributed by atoms with van der Waals surface area (Å²) < 4.78 is 0. The Morgan fingerprint density at radius 3 is 2.24 bits per heavy atom. The van der Waals surface area contributed by atoms with Crippen molar-refractivity contribution >= 4 is 0 Å². The van der Waals surface area contributed by atoms with Crippen molar-refractivity contribution in [3.05, 3.63) is 12.2 Å². The molecule has 0 aromatic heterocycles. The quantitative estimate of drug-likeness (QED) is 0.418. The van der Waals surface area contributed by atoms with Gasteiger partial charge in [0, 0.05) is 22.7 Å². The van der Waals surface area contributed by atoms with Gasteiger partial charge in [0.25, 0.3) is 0 Å². The fourth-order valence-electron chi connectivity index (χ4n) is 7.23. The molecule has 4 saturated carbocycles. The summed E-state index contributed by atoms with van der Waals surface area (Å²) in [6.45, 7) is 9.67. The molecule has 5 heteroatoms. The molecule has 4 rings (SSSR count). The third-order valence-corrected chi connectivity index (χ3v) is 8.75. The van der Waals surface area contributed by atoms with Gasteiger partial charge in [0.2, 0.25) is 0 Å². The molecule has 0 amide bonds. The lowest BCUT2D eigenvalue weighted by molar-refractivity contribution is -0.174. The second-order valence-electron chi connectivity index (χ2n) is 10.1. The molecule has 5 N–H and O–H groups in total. The van der Waals surface area contributed by atoms with Gasteiger partial charge in [0.15, 0.2) is 0 Å². The molecule has 1 spiro atoms. The zero-order valence-corrected chi connectivity index (χ0v) is 15.4. The van der Waals surface area contributed by atoms with Crippen LogP contribution in [0.5, 0.6) is 0 Å². The van der Waals surface area contributed by atoms with Crippen LogP contribution in [0.2, 0.25) is 0 Å². The molecule has 9 atom stereocenters. The first-order valence-corrected chi connectivity index (χ1v) is 9.57. The second kappa shape index (κ2) is 4.87. The minimum atomic E-state index is -1.47. The molecule has 4 fully saturated rings. The first-order valence-electron chi connectivity index (χ1n) is 9.57. The lowest BCUT2D eigenvalue weighted by Gasteiger charge is -2.46. The lowest BCUT2D eigenvalue weighted by Crippen LogP contribution is -2.57. The number of aliphatic hydroxyl groups is 5. The van der Waals surface area contributed by atoms with Crippen molar-refractivity contribution in [1.82, 2.24) is 0 Å². The van der Waals surface area contributed by atoms with Crippen molar-refractivity contribution in [3.8, 4) is 0 Å². The van der Waals surface area contributed by atoms with Crippen LogP contribution in [0.15, 0.2) is 12.2 Å². The van der Waals surface area contributed by atoms with Crippen molar-refractivity contribution in [2.45, 2.75) is 82.4 Å². The minimum Gasteiger partial charge on any atom is -0.392 e. The topological polar surface area (TPSA) is 101 Å².